The number of carbonyl (C=O) groups is 1. The van der Waals surface area contributed by atoms with Gasteiger partial charge in [-0.1, -0.05) is 50.6 Å². The standard InChI is InChI=1S/C18H21NO2/c1-3-9-14(2)18(20)19-16-12-7-8-13-17(16)21-15-10-5-4-6-11-15/h4-8,10-14H,3,9H2,1-2H3,(H,19,20). The zero-order valence-corrected chi connectivity index (χ0v) is 12.5. The molecule has 0 bridgehead atoms. The highest BCUT2D eigenvalue weighted by Gasteiger charge is 2.14. The third-order valence-electron chi connectivity index (χ3n) is 3.29. The summed E-state index contributed by atoms with van der Waals surface area (Å²) in [7, 11) is 0. The summed E-state index contributed by atoms with van der Waals surface area (Å²) in [6, 6.07) is 17.0. The lowest BCUT2D eigenvalue weighted by Gasteiger charge is -2.14. The molecule has 0 aliphatic heterocycles. The van der Waals surface area contributed by atoms with Crippen molar-refractivity contribution in [3.8, 4) is 11.5 Å². The molecule has 0 aliphatic rings. The van der Waals surface area contributed by atoms with Crippen LogP contribution in [0.25, 0.3) is 0 Å². The average Bonchev–Trinajstić information content (AvgIpc) is 2.50. The molecule has 1 atom stereocenters. The minimum absolute atomic E-state index is 0.000202. The van der Waals surface area contributed by atoms with Crippen molar-refractivity contribution in [2.75, 3.05) is 5.32 Å². The van der Waals surface area contributed by atoms with Gasteiger partial charge in [0.25, 0.3) is 0 Å². The lowest BCUT2D eigenvalue weighted by molar-refractivity contribution is -0.119. The number of amides is 1. The molecule has 0 fully saturated rings. The zero-order valence-electron chi connectivity index (χ0n) is 12.5. The number of anilines is 1. The van der Waals surface area contributed by atoms with Crippen molar-refractivity contribution < 1.29 is 9.53 Å². The molecule has 3 heteroatoms. The highest BCUT2D eigenvalue weighted by molar-refractivity contribution is 5.93. The van der Waals surface area contributed by atoms with E-state index in [4.69, 9.17) is 4.74 Å². The van der Waals surface area contributed by atoms with Crippen molar-refractivity contribution in [1.29, 1.82) is 0 Å². The van der Waals surface area contributed by atoms with Gasteiger partial charge in [0, 0.05) is 5.92 Å². The fraction of sp³-hybridized carbons (Fsp3) is 0.278. The van der Waals surface area contributed by atoms with E-state index < -0.39 is 0 Å². The first-order chi connectivity index (χ1) is 10.2. The van der Waals surface area contributed by atoms with Crippen LogP contribution >= 0.6 is 0 Å². The quantitative estimate of drug-likeness (QED) is 0.822. The lowest BCUT2D eigenvalue weighted by atomic mass is 10.1. The number of ether oxygens (including phenoxy) is 1. The van der Waals surface area contributed by atoms with Crippen LogP contribution in [-0.2, 0) is 4.79 Å². The number of rotatable bonds is 6. The Balaban J connectivity index is 2.12. The molecule has 0 spiro atoms. The largest absolute Gasteiger partial charge is 0.455 e. The van der Waals surface area contributed by atoms with E-state index in [-0.39, 0.29) is 11.8 Å². The van der Waals surface area contributed by atoms with Gasteiger partial charge in [0.15, 0.2) is 5.75 Å². The maximum atomic E-state index is 12.1. The molecule has 2 rings (SSSR count). The van der Waals surface area contributed by atoms with E-state index in [0.717, 1.165) is 18.6 Å². The maximum Gasteiger partial charge on any atom is 0.227 e. The number of nitrogens with one attached hydrogen (secondary N) is 1. The first-order valence-corrected chi connectivity index (χ1v) is 7.33. The Bertz CT molecular complexity index is 581. The molecule has 2 aromatic carbocycles. The molecular formula is C18H21NO2. The van der Waals surface area contributed by atoms with Crippen LogP contribution < -0.4 is 10.1 Å². The van der Waals surface area contributed by atoms with Crippen LogP contribution in [0.3, 0.4) is 0 Å². The van der Waals surface area contributed by atoms with E-state index in [9.17, 15) is 4.79 Å². The lowest BCUT2D eigenvalue weighted by Crippen LogP contribution is -2.20. The van der Waals surface area contributed by atoms with Gasteiger partial charge in [0.2, 0.25) is 5.91 Å². The summed E-state index contributed by atoms with van der Waals surface area (Å²) >= 11 is 0. The Hall–Kier alpha value is -2.29. The van der Waals surface area contributed by atoms with Crippen LogP contribution in [0.2, 0.25) is 0 Å². The topological polar surface area (TPSA) is 38.3 Å². The molecule has 0 heterocycles. The molecular weight excluding hydrogens is 262 g/mol. The van der Waals surface area contributed by atoms with Gasteiger partial charge in [-0.3, -0.25) is 4.79 Å². The minimum atomic E-state index is -0.000202. The highest BCUT2D eigenvalue weighted by atomic mass is 16.5. The van der Waals surface area contributed by atoms with Crippen molar-refractivity contribution >= 4 is 11.6 Å². The fourth-order valence-electron chi connectivity index (χ4n) is 2.09. The van der Waals surface area contributed by atoms with E-state index in [1.54, 1.807) is 0 Å². The van der Waals surface area contributed by atoms with Crippen molar-refractivity contribution in [2.24, 2.45) is 5.92 Å². The third kappa shape index (κ3) is 4.35. The Morgan fingerprint density at radius 2 is 1.76 bits per heavy atom. The number of para-hydroxylation sites is 3. The van der Waals surface area contributed by atoms with Gasteiger partial charge < -0.3 is 10.1 Å². The van der Waals surface area contributed by atoms with Crippen LogP contribution in [0.15, 0.2) is 54.6 Å². The molecule has 0 saturated carbocycles. The van der Waals surface area contributed by atoms with E-state index in [1.165, 1.54) is 0 Å². The fourth-order valence-corrected chi connectivity index (χ4v) is 2.09. The van der Waals surface area contributed by atoms with E-state index in [0.29, 0.717) is 11.4 Å². The third-order valence-corrected chi connectivity index (χ3v) is 3.29. The smallest absolute Gasteiger partial charge is 0.227 e. The Kier molecular flexibility index (Phi) is 5.38. The van der Waals surface area contributed by atoms with Crippen molar-refractivity contribution in [1.82, 2.24) is 0 Å². The number of carbonyl (C=O) groups excluding carboxylic acids is 1. The number of benzene rings is 2. The molecule has 2 aromatic rings. The van der Waals surface area contributed by atoms with Crippen molar-refractivity contribution in [3.63, 3.8) is 0 Å². The molecule has 0 radical (unpaired) electrons. The average molecular weight is 283 g/mol. The SMILES string of the molecule is CCCC(C)C(=O)Nc1ccccc1Oc1ccccc1. The predicted molar refractivity (Wildman–Crippen MR) is 85.7 cm³/mol. The molecule has 3 nitrogen and oxygen atoms in total. The molecule has 1 amide bonds. The molecule has 21 heavy (non-hydrogen) atoms. The second-order valence-electron chi connectivity index (χ2n) is 5.09. The Morgan fingerprint density at radius 1 is 1.10 bits per heavy atom. The molecule has 0 saturated heterocycles. The number of hydrogen-bond acceptors (Lipinski definition) is 2. The second kappa shape index (κ2) is 7.48. The predicted octanol–water partition coefficient (Wildman–Crippen LogP) is 4.85. The Morgan fingerprint density at radius 3 is 2.48 bits per heavy atom. The van der Waals surface area contributed by atoms with Gasteiger partial charge in [0.1, 0.15) is 5.75 Å². The van der Waals surface area contributed by atoms with Crippen molar-refractivity contribution in [3.05, 3.63) is 54.6 Å². The zero-order chi connectivity index (χ0) is 15.1. The van der Waals surface area contributed by atoms with E-state index in [2.05, 4.69) is 12.2 Å². The highest BCUT2D eigenvalue weighted by Crippen LogP contribution is 2.29. The first kappa shape index (κ1) is 15.1. The monoisotopic (exact) mass is 283 g/mol. The van der Waals surface area contributed by atoms with Gasteiger partial charge in [-0.25, -0.2) is 0 Å². The normalized spacial score (nSPS) is 11.7. The van der Waals surface area contributed by atoms with Gasteiger partial charge in [-0.2, -0.15) is 0 Å². The first-order valence-electron chi connectivity index (χ1n) is 7.33. The minimum Gasteiger partial charge on any atom is -0.455 e. The summed E-state index contributed by atoms with van der Waals surface area (Å²) in [4.78, 5) is 12.1. The van der Waals surface area contributed by atoms with E-state index >= 15 is 0 Å². The van der Waals surface area contributed by atoms with Gasteiger partial charge in [0.05, 0.1) is 5.69 Å². The summed E-state index contributed by atoms with van der Waals surface area (Å²) in [5.74, 6) is 1.43. The van der Waals surface area contributed by atoms with Crippen molar-refractivity contribution in [2.45, 2.75) is 26.7 Å². The molecule has 0 aromatic heterocycles. The van der Waals surface area contributed by atoms with Crippen LogP contribution in [-0.4, -0.2) is 5.91 Å². The van der Waals surface area contributed by atoms with Gasteiger partial charge >= 0.3 is 0 Å². The van der Waals surface area contributed by atoms with Crippen LogP contribution in [0.5, 0.6) is 11.5 Å². The van der Waals surface area contributed by atoms with Crippen LogP contribution in [0.4, 0.5) is 5.69 Å². The van der Waals surface area contributed by atoms with Crippen LogP contribution in [0, 0.1) is 5.92 Å². The van der Waals surface area contributed by atoms with Gasteiger partial charge in [-0.15, -0.1) is 0 Å². The summed E-state index contributed by atoms with van der Waals surface area (Å²) < 4.78 is 5.84. The van der Waals surface area contributed by atoms with E-state index in [1.807, 2.05) is 61.5 Å². The summed E-state index contributed by atoms with van der Waals surface area (Å²) in [6.07, 6.45) is 1.88. The number of hydrogen-bond donors (Lipinski definition) is 1. The molecule has 1 N–H and O–H groups in total. The second-order valence-corrected chi connectivity index (χ2v) is 5.09. The Labute approximate surface area is 126 Å². The molecule has 0 aliphatic carbocycles. The maximum absolute atomic E-state index is 12.1. The van der Waals surface area contributed by atoms with Gasteiger partial charge in [-0.05, 0) is 30.7 Å². The summed E-state index contributed by atoms with van der Waals surface area (Å²) in [6.45, 7) is 4.02. The molecule has 110 valence electrons. The summed E-state index contributed by atoms with van der Waals surface area (Å²) in [5, 5.41) is 2.95. The summed E-state index contributed by atoms with van der Waals surface area (Å²) in [5.41, 5.74) is 0.703. The molecule has 1 unspecified atom stereocenters. The van der Waals surface area contributed by atoms with Crippen LogP contribution in [0.1, 0.15) is 26.7 Å².